The first-order valence-corrected chi connectivity index (χ1v) is 6.19. The Labute approximate surface area is 109 Å². The van der Waals surface area contributed by atoms with Gasteiger partial charge in [0.15, 0.2) is 5.78 Å². The molecule has 17 heavy (non-hydrogen) atoms. The zero-order chi connectivity index (χ0) is 13.1. The van der Waals surface area contributed by atoms with Crippen LogP contribution in [0, 0.1) is 5.82 Å². The number of ketones is 1. The van der Waals surface area contributed by atoms with E-state index < -0.39 is 5.82 Å². The fraction of sp³-hybridized carbons (Fsp3) is 0.462. The molecule has 0 N–H and O–H groups in total. The molecule has 0 atom stereocenters. The Morgan fingerprint density at radius 2 is 2.12 bits per heavy atom. The fourth-order valence-corrected chi connectivity index (χ4v) is 1.86. The number of methoxy groups -OCH3 is 1. The van der Waals surface area contributed by atoms with Crippen molar-refractivity contribution in [2.24, 2.45) is 0 Å². The Bertz CT molecular complexity index is 416. The second-order valence-electron chi connectivity index (χ2n) is 4.49. The van der Waals surface area contributed by atoms with Crippen LogP contribution < -0.4 is 0 Å². The molecule has 0 aliphatic heterocycles. The highest BCUT2D eigenvalue weighted by Gasteiger charge is 2.20. The van der Waals surface area contributed by atoms with Crippen molar-refractivity contribution >= 4 is 21.7 Å². The van der Waals surface area contributed by atoms with Crippen molar-refractivity contribution in [3.05, 3.63) is 34.1 Å². The number of hydrogen-bond donors (Lipinski definition) is 0. The summed E-state index contributed by atoms with van der Waals surface area (Å²) in [6.07, 6.45) is 0.939. The quantitative estimate of drug-likeness (QED) is 0.769. The van der Waals surface area contributed by atoms with Crippen molar-refractivity contribution in [3.8, 4) is 0 Å². The van der Waals surface area contributed by atoms with Crippen LogP contribution in [-0.4, -0.2) is 18.5 Å². The molecule has 0 amide bonds. The smallest absolute Gasteiger partial charge is 0.164 e. The maximum atomic E-state index is 13.3. The molecule has 94 valence electrons. The molecule has 1 aromatic rings. The number of ether oxygens (including phenoxy) is 1. The Hall–Kier alpha value is -0.740. The number of carbonyl (C=O) groups excluding carboxylic acids is 1. The van der Waals surface area contributed by atoms with Gasteiger partial charge in [-0.3, -0.25) is 4.79 Å². The number of halogens is 2. The fourth-order valence-electron chi connectivity index (χ4n) is 1.37. The summed E-state index contributed by atoms with van der Waals surface area (Å²) in [7, 11) is 1.61. The van der Waals surface area contributed by atoms with Gasteiger partial charge in [0, 0.05) is 19.1 Å². The van der Waals surface area contributed by atoms with E-state index in [9.17, 15) is 9.18 Å². The number of carbonyl (C=O) groups is 1. The molecule has 0 aromatic heterocycles. The maximum absolute atomic E-state index is 13.3. The van der Waals surface area contributed by atoms with E-state index in [0.29, 0.717) is 18.4 Å². The molecule has 0 unspecified atom stereocenters. The Kier molecular flexibility index (Phi) is 4.83. The summed E-state index contributed by atoms with van der Waals surface area (Å²) < 4.78 is 18.7. The van der Waals surface area contributed by atoms with Crippen molar-refractivity contribution < 1.29 is 13.9 Å². The van der Waals surface area contributed by atoms with Gasteiger partial charge in [-0.15, -0.1) is 0 Å². The van der Waals surface area contributed by atoms with E-state index in [0.717, 1.165) is 0 Å². The maximum Gasteiger partial charge on any atom is 0.164 e. The molecule has 0 spiro atoms. The van der Waals surface area contributed by atoms with Gasteiger partial charge in [0.25, 0.3) is 0 Å². The predicted molar refractivity (Wildman–Crippen MR) is 68.8 cm³/mol. The van der Waals surface area contributed by atoms with Crippen LogP contribution in [0.1, 0.15) is 37.0 Å². The van der Waals surface area contributed by atoms with E-state index in [1.54, 1.807) is 13.2 Å². The summed E-state index contributed by atoms with van der Waals surface area (Å²) in [6, 6.07) is 4.48. The second-order valence-corrected chi connectivity index (χ2v) is 5.28. The monoisotopic (exact) mass is 302 g/mol. The standard InChI is InChI=1S/C13H16BrFO2/c1-13(2,17-3)8-7-11(16)9-5-4-6-10(15)12(9)14/h4-6H,7-8H2,1-3H3. The minimum atomic E-state index is -0.415. The van der Waals surface area contributed by atoms with Gasteiger partial charge in [-0.2, -0.15) is 0 Å². The summed E-state index contributed by atoms with van der Waals surface area (Å²) in [4.78, 5) is 11.9. The molecule has 0 radical (unpaired) electrons. The highest BCUT2D eigenvalue weighted by molar-refractivity contribution is 9.10. The summed E-state index contributed by atoms with van der Waals surface area (Å²) in [5.41, 5.74) is 0.0482. The molecule has 0 aliphatic rings. The lowest BCUT2D eigenvalue weighted by Gasteiger charge is -2.22. The van der Waals surface area contributed by atoms with Crippen LogP contribution >= 0.6 is 15.9 Å². The lowest BCUT2D eigenvalue weighted by Crippen LogP contribution is -2.23. The van der Waals surface area contributed by atoms with E-state index in [1.807, 2.05) is 13.8 Å². The van der Waals surface area contributed by atoms with E-state index in [1.165, 1.54) is 12.1 Å². The lowest BCUT2D eigenvalue weighted by atomic mass is 9.98. The molecule has 0 heterocycles. The molecular formula is C13H16BrFO2. The van der Waals surface area contributed by atoms with Gasteiger partial charge in [-0.05, 0) is 42.3 Å². The molecule has 2 nitrogen and oxygen atoms in total. The lowest BCUT2D eigenvalue weighted by molar-refractivity contribution is 0.0141. The number of hydrogen-bond acceptors (Lipinski definition) is 2. The van der Waals surface area contributed by atoms with Gasteiger partial charge in [0.05, 0.1) is 10.1 Å². The van der Waals surface area contributed by atoms with Crippen molar-refractivity contribution in [2.75, 3.05) is 7.11 Å². The number of rotatable bonds is 5. The third-order valence-electron chi connectivity index (χ3n) is 2.76. The highest BCUT2D eigenvalue weighted by atomic mass is 79.9. The summed E-state index contributed by atoms with van der Waals surface area (Å²) in [5.74, 6) is -0.497. The van der Waals surface area contributed by atoms with Crippen LogP contribution in [0.4, 0.5) is 4.39 Å². The van der Waals surface area contributed by atoms with Gasteiger partial charge >= 0.3 is 0 Å². The summed E-state index contributed by atoms with van der Waals surface area (Å²) in [5, 5.41) is 0. The second kappa shape index (κ2) is 5.74. The molecule has 4 heteroatoms. The van der Waals surface area contributed by atoms with Crippen LogP contribution in [0.2, 0.25) is 0 Å². The summed E-state index contributed by atoms with van der Waals surface area (Å²) in [6.45, 7) is 3.84. The molecule has 0 bridgehead atoms. The topological polar surface area (TPSA) is 26.3 Å². The minimum Gasteiger partial charge on any atom is -0.379 e. The van der Waals surface area contributed by atoms with Crippen LogP contribution in [-0.2, 0) is 4.74 Å². The van der Waals surface area contributed by atoms with Crippen molar-refractivity contribution in [1.29, 1.82) is 0 Å². The first-order valence-electron chi connectivity index (χ1n) is 5.40. The van der Waals surface area contributed by atoms with E-state index in [-0.39, 0.29) is 15.9 Å². The zero-order valence-electron chi connectivity index (χ0n) is 10.2. The van der Waals surface area contributed by atoms with Crippen molar-refractivity contribution in [1.82, 2.24) is 0 Å². The van der Waals surface area contributed by atoms with Crippen molar-refractivity contribution in [2.45, 2.75) is 32.3 Å². The molecule has 1 aromatic carbocycles. The molecule has 0 aliphatic carbocycles. The van der Waals surface area contributed by atoms with Gasteiger partial charge < -0.3 is 4.74 Å². The van der Waals surface area contributed by atoms with Crippen LogP contribution in [0.25, 0.3) is 0 Å². The van der Waals surface area contributed by atoms with E-state index in [2.05, 4.69) is 15.9 Å². The third-order valence-corrected chi connectivity index (χ3v) is 3.56. The number of Topliss-reactive ketones (excluding diaryl/α,β-unsaturated/α-hetero) is 1. The molecular weight excluding hydrogens is 287 g/mol. The third kappa shape index (κ3) is 3.89. The average Bonchev–Trinajstić information content (AvgIpc) is 2.30. The van der Waals surface area contributed by atoms with Gasteiger partial charge in [0.1, 0.15) is 5.82 Å². The van der Waals surface area contributed by atoms with E-state index >= 15 is 0 Å². The van der Waals surface area contributed by atoms with E-state index in [4.69, 9.17) is 4.74 Å². The predicted octanol–water partition coefficient (Wildman–Crippen LogP) is 3.98. The molecule has 0 saturated heterocycles. The first-order chi connectivity index (χ1) is 7.87. The summed E-state index contributed by atoms with van der Waals surface area (Å²) >= 11 is 3.09. The average molecular weight is 303 g/mol. The first kappa shape index (κ1) is 14.3. The Morgan fingerprint density at radius 1 is 1.47 bits per heavy atom. The minimum absolute atomic E-state index is 0.0819. The highest BCUT2D eigenvalue weighted by Crippen LogP contribution is 2.24. The van der Waals surface area contributed by atoms with Gasteiger partial charge in [0.2, 0.25) is 0 Å². The van der Waals surface area contributed by atoms with Gasteiger partial charge in [-0.1, -0.05) is 12.1 Å². The largest absolute Gasteiger partial charge is 0.379 e. The molecule has 0 saturated carbocycles. The van der Waals surface area contributed by atoms with Crippen LogP contribution in [0.5, 0.6) is 0 Å². The molecule has 1 rings (SSSR count). The number of benzene rings is 1. The Morgan fingerprint density at radius 3 is 2.71 bits per heavy atom. The van der Waals surface area contributed by atoms with Gasteiger partial charge in [-0.25, -0.2) is 4.39 Å². The SMILES string of the molecule is COC(C)(C)CCC(=O)c1cccc(F)c1Br. The zero-order valence-corrected chi connectivity index (χ0v) is 11.8. The molecule has 0 fully saturated rings. The normalized spacial score (nSPS) is 11.6. The van der Waals surface area contributed by atoms with Crippen LogP contribution in [0.15, 0.2) is 22.7 Å². The van der Waals surface area contributed by atoms with Crippen LogP contribution in [0.3, 0.4) is 0 Å². The van der Waals surface area contributed by atoms with Crippen molar-refractivity contribution in [3.63, 3.8) is 0 Å². The Balaban J connectivity index is 2.74.